The van der Waals surface area contributed by atoms with Crippen LogP contribution in [0.2, 0.25) is 0 Å². The van der Waals surface area contributed by atoms with Gasteiger partial charge >= 0.3 is 0 Å². The summed E-state index contributed by atoms with van der Waals surface area (Å²) < 4.78 is 9.77. The van der Waals surface area contributed by atoms with Gasteiger partial charge in [-0.3, -0.25) is 0 Å². The molecule has 1 aliphatic rings. The fourth-order valence-corrected chi connectivity index (χ4v) is 1.53. The Morgan fingerprint density at radius 2 is 1.76 bits per heavy atom. The zero-order valence-corrected chi connectivity index (χ0v) is 9.09. The first-order valence-corrected chi connectivity index (χ1v) is 5.22. The predicted molar refractivity (Wildman–Crippen MR) is 52.8 cm³/mol. The van der Waals surface area contributed by atoms with E-state index in [1.807, 2.05) is 0 Å². The minimum absolute atomic E-state index is 0.324. The standard InChI is InChI=1S/C9H18O8/c10-1-4(12)3-16-8-7(14)6(13)5(2-11)17-9(8)15/h4-15H,1-3H2/t4?,5-,6-,7+,8-,9+/m1/s1. The average molecular weight is 254 g/mol. The Morgan fingerprint density at radius 1 is 1.12 bits per heavy atom. The molecular weight excluding hydrogens is 236 g/mol. The van der Waals surface area contributed by atoms with Gasteiger partial charge in [-0.2, -0.15) is 0 Å². The van der Waals surface area contributed by atoms with Crippen LogP contribution in [-0.2, 0) is 9.47 Å². The van der Waals surface area contributed by atoms with Gasteiger partial charge in [0, 0.05) is 0 Å². The zero-order valence-electron chi connectivity index (χ0n) is 9.09. The van der Waals surface area contributed by atoms with E-state index in [1.165, 1.54) is 0 Å². The van der Waals surface area contributed by atoms with Gasteiger partial charge in [-0.1, -0.05) is 0 Å². The lowest BCUT2D eigenvalue weighted by atomic mass is 9.99. The summed E-state index contributed by atoms with van der Waals surface area (Å²) in [7, 11) is 0. The maximum atomic E-state index is 9.62. The second-order valence-electron chi connectivity index (χ2n) is 3.86. The number of aliphatic hydroxyl groups excluding tert-OH is 6. The van der Waals surface area contributed by atoms with E-state index >= 15 is 0 Å². The zero-order chi connectivity index (χ0) is 13.0. The summed E-state index contributed by atoms with van der Waals surface area (Å²) in [6, 6.07) is 0. The van der Waals surface area contributed by atoms with Crippen molar-refractivity contribution in [1.82, 2.24) is 0 Å². The molecule has 0 radical (unpaired) electrons. The van der Waals surface area contributed by atoms with Crippen LogP contribution in [0.25, 0.3) is 0 Å². The highest BCUT2D eigenvalue weighted by atomic mass is 16.7. The van der Waals surface area contributed by atoms with E-state index in [9.17, 15) is 15.3 Å². The van der Waals surface area contributed by atoms with Crippen LogP contribution in [0.5, 0.6) is 0 Å². The molecule has 0 aromatic rings. The van der Waals surface area contributed by atoms with Crippen molar-refractivity contribution in [3.63, 3.8) is 0 Å². The lowest BCUT2D eigenvalue weighted by Crippen LogP contribution is -2.59. The van der Waals surface area contributed by atoms with Gasteiger partial charge in [-0.05, 0) is 0 Å². The van der Waals surface area contributed by atoms with Crippen molar-refractivity contribution in [2.24, 2.45) is 0 Å². The normalized spacial score (nSPS) is 40.2. The third kappa shape index (κ3) is 3.57. The molecule has 102 valence electrons. The monoisotopic (exact) mass is 254 g/mol. The number of hydrogen-bond donors (Lipinski definition) is 6. The SMILES string of the molecule is OCC(O)CO[C@@H]1[C@@H](O)[C@H](O)[C@@H](CO)O[C@@H]1O. The molecule has 0 aromatic heterocycles. The molecule has 0 saturated carbocycles. The molecule has 8 heteroatoms. The van der Waals surface area contributed by atoms with Crippen LogP contribution in [-0.4, -0.2) is 87.3 Å². The Balaban J connectivity index is 2.54. The molecule has 1 aliphatic heterocycles. The van der Waals surface area contributed by atoms with Crippen molar-refractivity contribution in [3.05, 3.63) is 0 Å². The molecule has 1 unspecified atom stereocenters. The second kappa shape index (κ2) is 6.57. The molecule has 0 amide bonds. The van der Waals surface area contributed by atoms with E-state index in [4.69, 9.17) is 24.8 Å². The molecule has 0 aliphatic carbocycles. The fourth-order valence-electron chi connectivity index (χ4n) is 1.53. The van der Waals surface area contributed by atoms with Gasteiger partial charge in [0.2, 0.25) is 0 Å². The molecule has 6 N–H and O–H groups in total. The summed E-state index contributed by atoms with van der Waals surface area (Å²) in [4.78, 5) is 0. The quantitative estimate of drug-likeness (QED) is 0.293. The molecule has 1 fully saturated rings. The minimum Gasteiger partial charge on any atom is -0.394 e. The molecule has 0 aromatic carbocycles. The number of hydrogen-bond acceptors (Lipinski definition) is 8. The molecule has 0 spiro atoms. The molecule has 6 atom stereocenters. The van der Waals surface area contributed by atoms with Crippen molar-refractivity contribution in [2.45, 2.75) is 36.8 Å². The van der Waals surface area contributed by atoms with E-state index in [-0.39, 0.29) is 6.61 Å². The van der Waals surface area contributed by atoms with Crippen LogP contribution in [0.4, 0.5) is 0 Å². The fraction of sp³-hybridized carbons (Fsp3) is 1.00. The number of rotatable bonds is 5. The number of ether oxygens (including phenoxy) is 2. The van der Waals surface area contributed by atoms with Crippen LogP contribution in [0.15, 0.2) is 0 Å². The van der Waals surface area contributed by atoms with Gasteiger partial charge in [0.1, 0.15) is 30.5 Å². The largest absolute Gasteiger partial charge is 0.394 e. The van der Waals surface area contributed by atoms with E-state index in [0.717, 1.165) is 0 Å². The molecule has 0 bridgehead atoms. The van der Waals surface area contributed by atoms with Crippen LogP contribution in [0, 0.1) is 0 Å². The van der Waals surface area contributed by atoms with E-state index in [0.29, 0.717) is 0 Å². The summed E-state index contributed by atoms with van der Waals surface area (Å²) in [5.41, 5.74) is 0. The Hall–Kier alpha value is -0.320. The van der Waals surface area contributed by atoms with Crippen molar-refractivity contribution < 1.29 is 40.1 Å². The molecule has 1 heterocycles. The maximum Gasteiger partial charge on any atom is 0.184 e. The average Bonchev–Trinajstić information content (AvgIpc) is 2.33. The number of aliphatic hydroxyl groups is 6. The lowest BCUT2D eigenvalue weighted by molar-refractivity contribution is -0.299. The molecule has 8 nitrogen and oxygen atoms in total. The maximum absolute atomic E-state index is 9.62. The Labute approximate surface area is 97.6 Å². The Morgan fingerprint density at radius 3 is 2.29 bits per heavy atom. The first-order valence-electron chi connectivity index (χ1n) is 5.22. The summed E-state index contributed by atoms with van der Waals surface area (Å²) in [6.45, 7) is -1.40. The van der Waals surface area contributed by atoms with Gasteiger partial charge in [0.25, 0.3) is 0 Å². The van der Waals surface area contributed by atoms with Gasteiger partial charge in [-0.15, -0.1) is 0 Å². The van der Waals surface area contributed by atoms with Gasteiger partial charge in [0.05, 0.1) is 19.8 Å². The van der Waals surface area contributed by atoms with Crippen molar-refractivity contribution in [3.8, 4) is 0 Å². The second-order valence-corrected chi connectivity index (χ2v) is 3.86. The van der Waals surface area contributed by atoms with Crippen molar-refractivity contribution >= 4 is 0 Å². The van der Waals surface area contributed by atoms with Gasteiger partial charge in [0.15, 0.2) is 6.29 Å². The molecule has 1 saturated heterocycles. The van der Waals surface area contributed by atoms with Gasteiger partial charge < -0.3 is 40.1 Å². The third-order valence-corrected chi connectivity index (χ3v) is 2.53. The van der Waals surface area contributed by atoms with Crippen LogP contribution < -0.4 is 0 Å². The van der Waals surface area contributed by atoms with E-state index < -0.39 is 50.0 Å². The first kappa shape index (κ1) is 14.7. The first-order chi connectivity index (χ1) is 8.01. The Kier molecular flexibility index (Phi) is 5.70. The summed E-state index contributed by atoms with van der Waals surface area (Å²) in [6.07, 6.45) is -7.89. The van der Waals surface area contributed by atoms with Crippen LogP contribution in [0.1, 0.15) is 0 Å². The molecule has 17 heavy (non-hydrogen) atoms. The van der Waals surface area contributed by atoms with E-state index in [2.05, 4.69) is 0 Å². The van der Waals surface area contributed by atoms with Gasteiger partial charge in [-0.25, -0.2) is 0 Å². The van der Waals surface area contributed by atoms with E-state index in [1.54, 1.807) is 0 Å². The molecule has 1 rings (SSSR count). The topological polar surface area (TPSA) is 140 Å². The summed E-state index contributed by atoms with van der Waals surface area (Å²) in [5.74, 6) is 0. The smallest absolute Gasteiger partial charge is 0.184 e. The summed E-state index contributed by atoms with van der Waals surface area (Å²) in [5, 5.41) is 55.0. The highest BCUT2D eigenvalue weighted by Gasteiger charge is 2.44. The van der Waals surface area contributed by atoms with Crippen molar-refractivity contribution in [1.29, 1.82) is 0 Å². The predicted octanol–water partition coefficient (Wildman–Crippen LogP) is -3.84. The lowest BCUT2D eigenvalue weighted by Gasteiger charge is -2.39. The highest BCUT2D eigenvalue weighted by Crippen LogP contribution is 2.22. The van der Waals surface area contributed by atoms with Crippen LogP contribution in [0.3, 0.4) is 0 Å². The Bertz CT molecular complexity index is 225. The third-order valence-electron chi connectivity index (χ3n) is 2.53. The summed E-state index contributed by atoms with van der Waals surface area (Å²) >= 11 is 0. The minimum atomic E-state index is -1.53. The van der Waals surface area contributed by atoms with Crippen molar-refractivity contribution in [2.75, 3.05) is 19.8 Å². The molecular formula is C9H18O8. The van der Waals surface area contributed by atoms with Crippen LogP contribution >= 0.6 is 0 Å². The highest BCUT2D eigenvalue weighted by molar-refractivity contribution is 4.89.